The lowest BCUT2D eigenvalue weighted by Gasteiger charge is -2.28. The molecular weight excluding hydrogens is 288 g/mol. The maximum Gasteiger partial charge on any atom is 0.252 e. The van der Waals surface area contributed by atoms with Gasteiger partial charge in [0.25, 0.3) is 5.91 Å². The van der Waals surface area contributed by atoms with Crippen LogP contribution in [0.4, 0.5) is 0 Å². The van der Waals surface area contributed by atoms with Crippen LogP contribution in [0.25, 0.3) is 0 Å². The molecule has 1 aromatic heterocycles. The molecule has 1 aliphatic heterocycles. The summed E-state index contributed by atoms with van der Waals surface area (Å²) in [5, 5.41) is 15.8. The smallest absolute Gasteiger partial charge is 0.252 e. The van der Waals surface area contributed by atoms with E-state index in [9.17, 15) is 14.7 Å². The lowest BCUT2D eigenvalue weighted by Crippen LogP contribution is -2.43. The van der Waals surface area contributed by atoms with Gasteiger partial charge < -0.3 is 15.3 Å². The molecule has 0 aromatic carbocycles. The Morgan fingerprint density at radius 1 is 1.38 bits per heavy atom. The van der Waals surface area contributed by atoms with Crippen molar-refractivity contribution in [2.75, 3.05) is 19.7 Å². The van der Waals surface area contributed by atoms with E-state index in [1.807, 2.05) is 5.38 Å². The Balaban J connectivity index is 1.79. The highest BCUT2D eigenvalue weighted by molar-refractivity contribution is 7.08. The van der Waals surface area contributed by atoms with Crippen molar-refractivity contribution in [3.05, 3.63) is 22.4 Å². The summed E-state index contributed by atoms with van der Waals surface area (Å²) in [4.78, 5) is 25.8. The highest BCUT2D eigenvalue weighted by Gasteiger charge is 2.24. The zero-order chi connectivity index (χ0) is 15.1. The molecule has 1 unspecified atom stereocenters. The monoisotopic (exact) mass is 310 g/mol. The van der Waals surface area contributed by atoms with E-state index in [0.717, 1.165) is 25.7 Å². The molecule has 1 fully saturated rings. The average Bonchev–Trinajstić information content (AvgIpc) is 2.92. The molecule has 1 saturated heterocycles. The van der Waals surface area contributed by atoms with Gasteiger partial charge in [0.05, 0.1) is 12.6 Å². The number of amides is 2. The van der Waals surface area contributed by atoms with E-state index in [2.05, 4.69) is 5.32 Å². The number of likely N-dealkylation sites (tertiary alicyclic amines) is 1. The van der Waals surface area contributed by atoms with Crippen LogP contribution in [0.2, 0.25) is 0 Å². The molecular formula is C15H22N2O3S. The van der Waals surface area contributed by atoms with Gasteiger partial charge in [0.1, 0.15) is 0 Å². The van der Waals surface area contributed by atoms with Gasteiger partial charge in [-0.25, -0.2) is 0 Å². The second kappa shape index (κ2) is 8.14. The van der Waals surface area contributed by atoms with Crippen molar-refractivity contribution < 1.29 is 14.7 Å². The van der Waals surface area contributed by atoms with Gasteiger partial charge in [-0.1, -0.05) is 12.8 Å². The Hall–Kier alpha value is -1.40. The van der Waals surface area contributed by atoms with E-state index in [-0.39, 0.29) is 30.9 Å². The molecule has 0 spiro atoms. The molecule has 2 amide bonds. The third-order valence-electron chi connectivity index (χ3n) is 3.82. The number of nitrogens with zero attached hydrogens (tertiary/aromatic N) is 1. The summed E-state index contributed by atoms with van der Waals surface area (Å²) in [6.45, 7) is 1.07. The van der Waals surface area contributed by atoms with Crippen molar-refractivity contribution in [2.45, 2.75) is 38.1 Å². The minimum Gasteiger partial charge on any atom is -0.394 e. The second-order valence-electron chi connectivity index (χ2n) is 5.29. The lowest BCUT2D eigenvalue weighted by molar-refractivity contribution is -0.134. The maximum absolute atomic E-state index is 12.3. The van der Waals surface area contributed by atoms with Gasteiger partial charge in [0, 0.05) is 30.5 Å². The van der Waals surface area contributed by atoms with Crippen LogP contribution in [0, 0.1) is 0 Å². The molecule has 2 N–H and O–H groups in total. The first-order chi connectivity index (χ1) is 10.2. The molecule has 0 bridgehead atoms. The predicted molar refractivity (Wildman–Crippen MR) is 82.3 cm³/mol. The van der Waals surface area contributed by atoms with Crippen LogP contribution in [-0.2, 0) is 4.79 Å². The molecule has 0 radical (unpaired) electrons. The maximum atomic E-state index is 12.3. The zero-order valence-corrected chi connectivity index (χ0v) is 12.9. The number of hydrogen-bond donors (Lipinski definition) is 2. The standard InChI is InChI=1S/C15H22N2O3S/c18-10-13-4-2-1-3-8-17(13)14(19)5-7-16-15(20)12-6-9-21-11-12/h6,9,11,13,18H,1-5,7-8,10H2,(H,16,20). The van der Waals surface area contributed by atoms with E-state index < -0.39 is 0 Å². The van der Waals surface area contributed by atoms with E-state index in [0.29, 0.717) is 18.7 Å². The number of rotatable bonds is 5. The van der Waals surface area contributed by atoms with E-state index >= 15 is 0 Å². The van der Waals surface area contributed by atoms with Crippen LogP contribution >= 0.6 is 11.3 Å². The van der Waals surface area contributed by atoms with Crippen LogP contribution in [0.5, 0.6) is 0 Å². The van der Waals surface area contributed by atoms with E-state index in [4.69, 9.17) is 0 Å². The van der Waals surface area contributed by atoms with Gasteiger partial charge in [-0.15, -0.1) is 0 Å². The van der Waals surface area contributed by atoms with Gasteiger partial charge >= 0.3 is 0 Å². The molecule has 1 aromatic rings. The van der Waals surface area contributed by atoms with Crippen LogP contribution in [0.1, 0.15) is 42.5 Å². The normalized spacial score (nSPS) is 19.1. The van der Waals surface area contributed by atoms with Crippen LogP contribution in [0.15, 0.2) is 16.8 Å². The summed E-state index contributed by atoms with van der Waals surface area (Å²) < 4.78 is 0. The number of thiophene rings is 1. The Labute approximate surface area is 129 Å². The first-order valence-corrected chi connectivity index (χ1v) is 8.37. The molecule has 0 aliphatic carbocycles. The van der Waals surface area contributed by atoms with Crippen molar-refractivity contribution in [3.8, 4) is 0 Å². The molecule has 116 valence electrons. The van der Waals surface area contributed by atoms with Gasteiger partial charge in [0.15, 0.2) is 0 Å². The molecule has 21 heavy (non-hydrogen) atoms. The van der Waals surface area contributed by atoms with Crippen LogP contribution in [0.3, 0.4) is 0 Å². The third-order valence-corrected chi connectivity index (χ3v) is 4.50. The number of aliphatic hydroxyl groups excluding tert-OH is 1. The summed E-state index contributed by atoms with van der Waals surface area (Å²) in [5.74, 6) is -0.125. The minimum absolute atomic E-state index is 0.0153. The van der Waals surface area contributed by atoms with Crippen LogP contribution < -0.4 is 5.32 Å². The number of carbonyl (C=O) groups excluding carboxylic acids is 2. The number of aliphatic hydroxyl groups is 1. The molecule has 6 heteroatoms. The molecule has 5 nitrogen and oxygen atoms in total. The summed E-state index contributed by atoms with van der Waals surface area (Å²) in [5.41, 5.74) is 0.635. The fourth-order valence-corrected chi connectivity index (χ4v) is 3.25. The SMILES string of the molecule is O=C(NCCC(=O)N1CCCCCC1CO)c1ccsc1. The first-order valence-electron chi connectivity index (χ1n) is 7.43. The van der Waals surface area contributed by atoms with Gasteiger partial charge in [-0.2, -0.15) is 11.3 Å². The fraction of sp³-hybridized carbons (Fsp3) is 0.600. The Morgan fingerprint density at radius 2 is 2.24 bits per heavy atom. The van der Waals surface area contributed by atoms with E-state index in [1.165, 1.54) is 11.3 Å². The van der Waals surface area contributed by atoms with Crippen molar-refractivity contribution in [1.29, 1.82) is 0 Å². The number of nitrogens with one attached hydrogen (secondary N) is 1. The Morgan fingerprint density at radius 3 is 2.95 bits per heavy atom. The molecule has 1 atom stereocenters. The quantitative estimate of drug-likeness (QED) is 0.868. The van der Waals surface area contributed by atoms with Crippen molar-refractivity contribution in [3.63, 3.8) is 0 Å². The molecule has 1 aliphatic rings. The van der Waals surface area contributed by atoms with E-state index in [1.54, 1.807) is 16.3 Å². The van der Waals surface area contributed by atoms with Crippen molar-refractivity contribution in [2.24, 2.45) is 0 Å². The van der Waals surface area contributed by atoms with Crippen molar-refractivity contribution in [1.82, 2.24) is 10.2 Å². The molecule has 0 saturated carbocycles. The van der Waals surface area contributed by atoms with Gasteiger partial charge in [-0.05, 0) is 24.3 Å². The fourth-order valence-electron chi connectivity index (χ4n) is 2.62. The predicted octanol–water partition coefficient (Wildman–Crippen LogP) is 1.63. The lowest BCUT2D eigenvalue weighted by atomic mass is 10.1. The highest BCUT2D eigenvalue weighted by atomic mass is 32.1. The second-order valence-corrected chi connectivity index (χ2v) is 6.07. The average molecular weight is 310 g/mol. The summed E-state index contributed by atoms with van der Waals surface area (Å²) in [6, 6.07) is 1.70. The first kappa shape index (κ1) is 16.0. The molecule has 2 rings (SSSR count). The zero-order valence-electron chi connectivity index (χ0n) is 12.1. The summed E-state index contributed by atoms with van der Waals surface area (Å²) in [7, 11) is 0. The Bertz CT molecular complexity index is 461. The molecule has 2 heterocycles. The van der Waals surface area contributed by atoms with Gasteiger partial charge in [0.2, 0.25) is 5.91 Å². The number of hydrogen-bond acceptors (Lipinski definition) is 4. The topological polar surface area (TPSA) is 69.6 Å². The van der Waals surface area contributed by atoms with Gasteiger partial charge in [-0.3, -0.25) is 9.59 Å². The Kier molecular flexibility index (Phi) is 6.20. The largest absolute Gasteiger partial charge is 0.394 e. The third kappa shape index (κ3) is 4.54. The summed E-state index contributed by atoms with van der Waals surface area (Å²) in [6.07, 6.45) is 4.30. The minimum atomic E-state index is -0.140. The van der Waals surface area contributed by atoms with Crippen LogP contribution in [-0.4, -0.2) is 47.6 Å². The summed E-state index contributed by atoms with van der Waals surface area (Å²) >= 11 is 1.47. The number of carbonyl (C=O) groups is 2. The van der Waals surface area contributed by atoms with Crippen molar-refractivity contribution >= 4 is 23.2 Å². The highest BCUT2D eigenvalue weighted by Crippen LogP contribution is 2.17.